The Labute approximate surface area is 197 Å². The Hall–Kier alpha value is -4.10. The number of carbonyl (C=O) groups is 1. The molecule has 3 aromatic heterocycles. The first-order chi connectivity index (χ1) is 16.6. The van der Waals surface area contributed by atoms with Gasteiger partial charge in [0, 0.05) is 30.4 Å². The van der Waals surface area contributed by atoms with E-state index in [2.05, 4.69) is 25.6 Å². The summed E-state index contributed by atoms with van der Waals surface area (Å²) in [5, 5.41) is 6.42. The summed E-state index contributed by atoms with van der Waals surface area (Å²) in [5.41, 5.74) is 3.18. The normalized spacial score (nSPS) is 14.8. The largest absolute Gasteiger partial charge is 0.327 e. The second-order valence-corrected chi connectivity index (χ2v) is 8.54. The van der Waals surface area contributed by atoms with Gasteiger partial charge >= 0.3 is 0 Å². The number of nitrogens with one attached hydrogen (secondary N) is 3. The number of aromatic amines is 1. The van der Waals surface area contributed by atoms with Crippen LogP contribution in [0, 0.1) is 0 Å². The van der Waals surface area contributed by atoms with Gasteiger partial charge in [0.25, 0.3) is 5.56 Å². The lowest BCUT2D eigenvalue weighted by molar-refractivity contribution is -0.118. The van der Waals surface area contributed by atoms with Crippen LogP contribution in [0.2, 0.25) is 0 Å². The van der Waals surface area contributed by atoms with Crippen LogP contribution < -0.4 is 16.2 Å². The number of rotatable bonds is 8. The van der Waals surface area contributed by atoms with E-state index in [0.29, 0.717) is 6.42 Å². The molecule has 0 radical (unpaired) electrons. The fourth-order valence-electron chi connectivity index (χ4n) is 4.15. The fraction of sp³-hybridized carbons (Fsp3) is 0.185. The molecule has 1 aliphatic rings. The summed E-state index contributed by atoms with van der Waals surface area (Å²) >= 11 is 0. The monoisotopic (exact) mass is 451 g/mol. The lowest BCUT2D eigenvalue weighted by Gasteiger charge is -2.25. The van der Waals surface area contributed by atoms with Gasteiger partial charge in [-0.15, -0.1) is 0 Å². The summed E-state index contributed by atoms with van der Waals surface area (Å²) in [6, 6.07) is 20.5. The fourth-order valence-corrected chi connectivity index (χ4v) is 4.15. The van der Waals surface area contributed by atoms with Gasteiger partial charge in [-0.1, -0.05) is 36.4 Å². The lowest BCUT2D eigenvalue weighted by atomic mass is 10.0. The Morgan fingerprint density at radius 2 is 1.74 bits per heavy atom. The van der Waals surface area contributed by atoms with Crippen molar-refractivity contribution in [2.24, 2.45) is 0 Å². The summed E-state index contributed by atoms with van der Waals surface area (Å²) in [7, 11) is 0. The molecule has 5 rings (SSSR count). The zero-order valence-corrected chi connectivity index (χ0v) is 18.6. The van der Waals surface area contributed by atoms with Crippen LogP contribution in [0.3, 0.4) is 0 Å². The van der Waals surface area contributed by atoms with Crippen molar-refractivity contribution in [3.8, 4) is 11.1 Å². The SMILES string of the molecule is O=C(Nc1cc(-c2ccncc2)c[nH]c1=O)[C@H](Cc1ccccc1)NC1(c2ccccn2)CC1. The number of pyridine rings is 3. The molecule has 7 nitrogen and oxygen atoms in total. The van der Waals surface area contributed by atoms with Gasteiger partial charge in [0.1, 0.15) is 5.69 Å². The molecule has 1 aliphatic carbocycles. The van der Waals surface area contributed by atoms with Crippen LogP contribution in [-0.4, -0.2) is 26.9 Å². The Balaban J connectivity index is 1.41. The van der Waals surface area contributed by atoms with E-state index in [0.717, 1.165) is 35.2 Å². The van der Waals surface area contributed by atoms with Crippen LogP contribution in [0.15, 0.2) is 96.3 Å². The average Bonchev–Trinajstić information content (AvgIpc) is 3.67. The van der Waals surface area contributed by atoms with E-state index < -0.39 is 6.04 Å². The Morgan fingerprint density at radius 1 is 0.971 bits per heavy atom. The van der Waals surface area contributed by atoms with Crippen LogP contribution in [0.5, 0.6) is 0 Å². The van der Waals surface area contributed by atoms with E-state index in [1.165, 1.54) is 0 Å². The maximum absolute atomic E-state index is 13.5. The van der Waals surface area contributed by atoms with Gasteiger partial charge in [0.05, 0.1) is 17.3 Å². The highest BCUT2D eigenvalue weighted by Crippen LogP contribution is 2.45. The number of anilines is 1. The molecule has 7 heteroatoms. The molecule has 0 spiro atoms. The molecule has 34 heavy (non-hydrogen) atoms. The van der Waals surface area contributed by atoms with E-state index in [-0.39, 0.29) is 22.7 Å². The summed E-state index contributed by atoms with van der Waals surface area (Å²) in [5.74, 6) is -0.261. The summed E-state index contributed by atoms with van der Waals surface area (Å²) in [4.78, 5) is 37.3. The van der Waals surface area contributed by atoms with Gasteiger partial charge in [0.2, 0.25) is 5.91 Å². The van der Waals surface area contributed by atoms with Gasteiger partial charge in [-0.05, 0) is 60.7 Å². The lowest BCUT2D eigenvalue weighted by Crippen LogP contribution is -2.48. The third-order valence-corrected chi connectivity index (χ3v) is 6.13. The second kappa shape index (κ2) is 9.41. The quantitative estimate of drug-likeness (QED) is 0.380. The van der Waals surface area contributed by atoms with Crippen molar-refractivity contribution in [1.82, 2.24) is 20.3 Å². The van der Waals surface area contributed by atoms with Crippen molar-refractivity contribution in [3.05, 3.63) is 113 Å². The minimum absolute atomic E-state index is 0.210. The number of aromatic nitrogens is 3. The second-order valence-electron chi connectivity index (χ2n) is 8.54. The number of hydrogen-bond acceptors (Lipinski definition) is 5. The summed E-state index contributed by atoms with van der Waals surface area (Å²) in [6.45, 7) is 0. The molecule has 1 aromatic carbocycles. The van der Waals surface area contributed by atoms with Crippen LogP contribution >= 0.6 is 0 Å². The van der Waals surface area contributed by atoms with Crippen molar-refractivity contribution in [2.45, 2.75) is 30.8 Å². The van der Waals surface area contributed by atoms with E-state index >= 15 is 0 Å². The van der Waals surface area contributed by atoms with Crippen LogP contribution in [0.1, 0.15) is 24.1 Å². The minimum atomic E-state index is -0.545. The molecule has 0 aliphatic heterocycles. The minimum Gasteiger partial charge on any atom is -0.327 e. The van der Waals surface area contributed by atoms with E-state index in [4.69, 9.17) is 0 Å². The molecule has 3 N–H and O–H groups in total. The summed E-state index contributed by atoms with van der Waals surface area (Å²) < 4.78 is 0. The highest BCUT2D eigenvalue weighted by molar-refractivity contribution is 5.95. The van der Waals surface area contributed by atoms with Gasteiger partial charge in [-0.2, -0.15) is 0 Å². The van der Waals surface area contributed by atoms with Crippen LogP contribution in [0.4, 0.5) is 5.69 Å². The van der Waals surface area contributed by atoms with Gasteiger partial charge in [-0.3, -0.25) is 24.9 Å². The highest BCUT2D eigenvalue weighted by Gasteiger charge is 2.47. The zero-order chi connectivity index (χ0) is 23.4. The molecule has 170 valence electrons. The number of amides is 1. The molecular formula is C27H25N5O2. The molecular weight excluding hydrogens is 426 g/mol. The first-order valence-electron chi connectivity index (χ1n) is 11.3. The van der Waals surface area contributed by atoms with Gasteiger partial charge in [-0.25, -0.2) is 0 Å². The van der Waals surface area contributed by atoms with Gasteiger partial charge in [0.15, 0.2) is 0 Å². The number of H-pyrrole nitrogens is 1. The topological polar surface area (TPSA) is 99.8 Å². The van der Waals surface area contributed by atoms with Crippen molar-refractivity contribution in [1.29, 1.82) is 0 Å². The van der Waals surface area contributed by atoms with Crippen molar-refractivity contribution in [3.63, 3.8) is 0 Å². The van der Waals surface area contributed by atoms with Crippen molar-refractivity contribution >= 4 is 11.6 Å². The molecule has 1 amide bonds. The number of hydrogen-bond donors (Lipinski definition) is 3. The molecule has 0 bridgehead atoms. The van der Waals surface area contributed by atoms with Crippen LogP contribution in [-0.2, 0) is 16.8 Å². The third-order valence-electron chi connectivity index (χ3n) is 6.13. The maximum Gasteiger partial charge on any atom is 0.271 e. The van der Waals surface area contributed by atoms with Crippen LogP contribution in [0.25, 0.3) is 11.1 Å². The highest BCUT2D eigenvalue weighted by atomic mass is 16.2. The smallest absolute Gasteiger partial charge is 0.271 e. The molecule has 4 aromatic rings. The van der Waals surface area contributed by atoms with Gasteiger partial charge < -0.3 is 10.3 Å². The summed E-state index contributed by atoms with van der Waals surface area (Å²) in [6.07, 6.45) is 9.07. The first-order valence-corrected chi connectivity index (χ1v) is 11.3. The standard InChI is InChI=1S/C27H25N5O2/c33-25-22(17-21(18-30-25)20-9-14-28-15-10-20)31-26(34)23(16-19-6-2-1-3-7-19)32-27(11-12-27)24-8-4-5-13-29-24/h1-10,13-15,17-18,23,32H,11-12,16H2,(H,30,33)(H,31,34)/t23-/m0/s1. The number of nitrogens with zero attached hydrogens (tertiary/aromatic N) is 2. The Morgan fingerprint density at radius 3 is 2.44 bits per heavy atom. The third kappa shape index (κ3) is 4.79. The zero-order valence-electron chi connectivity index (χ0n) is 18.6. The van der Waals surface area contributed by atoms with Crippen molar-refractivity contribution in [2.75, 3.05) is 5.32 Å². The predicted molar refractivity (Wildman–Crippen MR) is 131 cm³/mol. The first kappa shape index (κ1) is 21.7. The van der Waals surface area contributed by atoms with E-state index in [9.17, 15) is 9.59 Å². The number of carbonyl (C=O) groups excluding carboxylic acids is 1. The molecule has 0 unspecified atom stereocenters. The van der Waals surface area contributed by atoms with Crippen molar-refractivity contribution < 1.29 is 4.79 Å². The molecule has 1 fully saturated rings. The Kier molecular flexibility index (Phi) is 6.01. The Bertz CT molecular complexity index is 1320. The molecule has 0 saturated heterocycles. The van der Waals surface area contributed by atoms with E-state index in [1.807, 2.05) is 60.7 Å². The number of benzene rings is 1. The molecule has 3 heterocycles. The predicted octanol–water partition coefficient (Wildman–Crippen LogP) is 3.66. The average molecular weight is 452 g/mol. The van der Waals surface area contributed by atoms with E-state index in [1.54, 1.807) is 30.9 Å². The molecule has 1 atom stereocenters. The molecule has 1 saturated carbocycles. The maximum atomic E-state index is 13.5.